The summed E-state index contributed by atoms with van der Waals surface area (Å²) < 4.78 is 5.02. The van der Waals surface area contributed by atoms with Gasteiger partial charge in [0.2, 0.25) is 5.91 Å². The van der Waals surface area contributed by atoms with Gasteiger partial charge in [-0.1, -0.05) is 11.6 Å². The van der Waals surface area contributed by atoms with Crippen LogP contribution in [0.15, 0.2) is 18.2 Å². The predicted molar refractivity (Wildman–Crippen MR) is 69.5 cm³/mol. The molecule has 1 amide bonds. The minimum Gasteiger partial charge on any atom is -0.497 e. The van der Waals surface area contributed by atoms with Crippen LogP contribution in [0.2, 0.25) is 5.02 Å². The van der Waals surface area contributed by atoms with Crippen LogP contribution >= 0.6 is 11.6 Å². The summed E-state index contributed by atoms with van der Waals surface area (Å²) in [5.41, 5.74) is 5.78. The molecule has 0 saturated heterocycles. The summed E-state index contributed by atoms with van der Waals surface area (Å²) in [6, 6.07) is 5.07. The number of halogens is 1. The maximum Gasteiger partial charge on any atom is 0.226 e. The van der Waals surface area contributed by atoms with Crippen molar-refractivity contribution in [1.29, 1.82) is 0 Å². The number of rotatable bonds is 4. The van der Waals surface area contributed by atoms with Crippen LogP contribution in [-0.2, 0) is 4.79 Å². The molecule has 0 aromatic heterocycles. The summed E-state index contributed by atoms with van der Waals surface area (Å²) in [4.78, 5) is 11.7. The monoisotopic (exact) mass is 256 g/mol. The van der Waals surface area contributed by atoms with Gasteiger partial charge in [0.25, 0.3) is 0 Å². The fraction of sp³-hybridized carbons (Fsp3) is 0.417. The van der Waals surface area contributed by atoms with Crippen LogP contribution in [0.25, 0.3) is 0 Å². The summed E-state index contributed by atoms with van der Waals surface area (Å²) in [7, 11) is 1.56. The Labute approximate surface area is 106 Å². The fourth-order valence-corrected chi connectivity index (χ4v) is 1.55. The molecule has 5 heteroatoms. The number of carbonyl (C=O) groups is 1. The molecule has 0 aliphatic heterocycles. The van der Waals surface area contributed by atoms with Crippen molar-refractivity contribution in [1.82, 2.24) is 0 Å². The predicted octanol–water partition coefficient (Wildman–Crippen LogP) is 2.41. The van der Waals surface area contributed by atoms with Gasteiger partial charge in [-0.15, -0.1) is 0 Å². The first kappa shape index (κ1) is 13.8. The van der Waals surface area contributed by atoms with Gasteiger partial charge in [0.05, 0.1) is 17.8 Å². The second kappa shape index (κ2) is 5.38. The SMILES string of the molecule is COc1ccc(NC(=O)CC(C)(C)N)c(Cl)c1. The van der Waals surface area contributed by atoms with Gasteiger partial charge in [0, 0.05) is 18.0 Å². The van der Waals surface area contributed by atoms with Gasteiger partial charge >= 0.3 is 0 Å². The number of ether oxygens (including phenoxy) is 1. The van der Waals surface area contributed by atoms with Gasteiger partial charge in [-0.2, -0.15) is 0 Å². The number of methoxy groups -OCH3 is 1. The Bertz CT molecular complexity index is 413. The van der Waals surface area contributed by atoms with Gasteiger partial charge in [-0.05, 0) is 26.0 Å². The largest absolute Gasteiger partial charge is 0.497 e. The molecule has 0 fully saturated rings. The summed E-state index contributed by atoms with van der Waals surface area (Å²) in [5.74, 6) is 0.483. The lowest BCUT2D eigenvalue weighted by molar-refractivity contribution is -0.117. The molecule has 0 aliphatic rings. The smallest absolute Gasteiger partial charge is 0.226 e. The molecule has 17 heavy (non-hydrogen) atoms. The number of benzene rings is 1. The minimum absolute atomic E-state index is 0.162. The average Bonchev–Trinajstić information content (AvgIpc) is 2.18. The highest BCUT2D eigenvalue weighted by Crippen LogP contribution is 2.26. The van der Waals surface area contributed by atoms with Crippen LogP contribution < -0.4 is 15.8 Å². The lowest BCUT2D eigenvalue weighted by Gasteiger charge is -2.18. The number of hydrogen-bond acceptors (Lipinski definition) is 3. The molecule has 0 atom stereocenters. The second-order valence-corrected chi connectivity index (χ2v) is 4.97. The van der Waals surface area contributed by atoms with Crippen molar-refractivity contribution in [2.45, 2.75) is 25.8 Å². The van der Waals surface area contributed by atoms with Crippen molar-refractivity contribution in [3.8, 4) is 5.75 Å². The molecule has 0 radical (unpaired) electrons. The number of carbonyl (C=O) groups excluding carboxylic acids is 1. The Morgan fingerprint density at radius 3 is 2.65 bits per heavy atom. The van der Waals surface area contributed by atoms with Crippen molar-refractivity contribution in [2.24, 2.45) is 5.73 Å². The zero-order valence-corrected chi connectivity index (χ0v) is 11.0. The third-order valence-electron chi connectivity index (χ3n) is 2.07. The summed E-state index contributed by atoms with van der Waals surface area (Å²) in [6.45, 7) is 3.59. The van der Waals surface area contributed by atoms with Gasteiger partial charge in [-0.3, -0.25) is 4.79 Å². The van der Waals surface area contributed by atoms with E-state index in [2.05, 4.69) is 5.32 Å². The Kier molecular flexibility index (Phi) is 4.37. The van der Waals surface area contributed by atoms with E-state index in [0.29, 0.717) is 16.5 Å². The first-order chi connectivity index (χ1) is 7.81. The molecule has 4 nitrogen and oxygen atoms in total. The van der Waals surface area contributed by atoms with E-state index in [1.165, 1.54) is 0 Å². The summed E-state index contributed by atoms with van der Waals surface area (Å²) in [5, 5.41) is 3.15. The van der Waals surface area contributed by atoms with E-state index >= 15 is 0 Å². The highest BCUT2D eigenvalue weighted by Gasteiger charge is 2.17. The van der Waals surface area contributed by atoms with Crippen LogP contribution in [0.3, 0.4) is 0 Å². The Balaban J connectivity index is 2.72. The number of anilines is 1. The third kappa shape index (κ3) is 4.63. The van der Waals surface area contributed by atoms with Gasteiger partial charge < -0.3 is 15.8 Å². The van der Waals surface area contributed by atoms with Gasteiger partial charge in [0.1, 0.15) is 5.75 Å². The quantitative estimate of drug-likeness (QED) is 0.870. The van der Waals surface area contributed by atoms with E-state index in [1.54, 1.807) is 39.2 Å². The molecule has 3 N–H and O–H groups in total. The first-order valence-corrected chi connectivity index (χ1v) is 5.62. The number of nitrogens with one attached hydrogen (secondary N) is 1. The first-order valence-electron chi connectivity index (χ1n) is 5.24. The Morgan fingerprint density at radius 1 is 1.53 bits per heavy atom. The molecule has 94 valence electrons. The Hall–Kier alpha value is -1.26. The molecule has 0 aliphatic carbocycles. The van der Waals surface area contributed by atoms with Crippen LogP contribution in [0.5, 0.6) is 5.75 Å². The van der Waals surface area contributed by atoms with E-state index in [1.807, 2.05) is 0 Å². The molecular weight excluding hydrogens is 240 g/mol. The second-order valence-electron chi connectivity index (χ2n) is 4.56. The summed E-state index contributed by atoms with van der Waals surface area (Å²) in [6.07, 6.45) is 0.232. The van der Waals surface area contributed by atoms with Crippen molar-refractivity contribution < 1.29 is 9.53 Å². The topological polar surface area (TPSA) is 64.3 Å². The van der Waals surface area contributed by atoms with Crippen LogP contribution in [0.4, 0.5) is 5.69 Å². The molecule has 1 aromatic carbocycles. The van der Waals surface area contributed by atoms with Crippen molar-refractivity contribution in [3.05, 3.63) is 23.2 Å². The van der Waals surface area contributed by atoms with E-state index in [4.69, 9.17) is 22.1 Å². The number of nitrogens with two attached hydrogens (primary N) is 1. The van der Waals surface area contributed by atoms with Crippen LogP contribution in [0, 0.1) is 0 Å². The molecule has 0 unspecified atom stereocenters. The normalized spacial score (nSPS) is 11.1. The zero-order valence-electron chi connectivity index (χ0n) is 10.2. The molecular formula is C12H17ClN2O2. The molecule has 0 saturated carbocycles. The molecule has 0 spiro atoms. The maximum absolute atomic E-state index is 11.7. The van der Waals surface area contributed by atoms with E-state index in [0.717, 1.165) is 0 Å². The van der Waals surface area contributed by atoms with Gasteiger partial charge in [-0.25, -0.2) is 0 Å². The summed E-state index contributed by atoms with van der Waals surface area (Å²) >= 11 is 6.00. The molecule has 1 aromatic rings. The van der Waals surface area contributed by atoms with Gasteiger partial charge in [0.15, 0.2) is 0 Å². The van der Waals surface area contributed by atoms with Crippen LogP contribution in [0.1, 0.15) is 20.3 Å². The van der Waals surface area contributed by atoms with E-state index < -0.39 is 5.54 Å². The van der Waals surface area contributed by atoms with Crippen molar-refractivity contribution >= 4 is 23.2 Å². The lowest BCUT2D eigenvalue weighted by Crippen LogP contribution is -2.36. The highest BCUT2D eigenvalue weighted by molar-refractivity contribution is 6.33. The van der Waals surface area contributed by atoms with Crippen molar-refractivity contribution in [2.75, 3.05) is 12.4 Å². The van der Waals surface area contributed by atoms with Crippen molar-refractivity contribution in [3.63, 3.8) is 0 Å². The average molecular weight is 257 g/mol. The minimum atomic E-state index is -0.539. The number of amides is 1. The zero-order chi connectivity index (χ0) is 13.1. The molecule has 0 heterocycles. The molecule has 1 rings (SSSR count). The standard InChI is InChI=1S/C12H17ClN2O2/c1-12(2,14)7-11(16)15-10-5-4-8(17-3)6-9(10)13/h4-6H,7,14H2,1-3H3,(H,15,16). The highest BCUT2D eigenvalue weighted by atomic mass is 35.5. The molecule has 0 bridgehead atoms. The lowest BCUT2D eigenvalue weighted by atomic mass is 10.0. The number of hydrogen-bond donors (Lipinski definition) is 2. The third-order valence-corrected chi connectivity index (χ3v) is 2.38. The maximum atomic E-state index is 11.7. The van der Waals surface area contributed by atoms with E-state index in [9.17, 15) is 4.79 Å². The fourth-order valence-electron chi connectivity index (χ4n) is 1.33. The Morgan fingerprint density at radius 2 is 2.18 bits per heavy atom. The van der Waals surface area contributed by atoms with E-state index in [-0.39, 0.29) is 12.3 Å². The van der Waals surface area contributed by atoms with Crippen LogP contribution in [-0.4, -0.2) is 18.6 Å².